The zero-order valence-corrected chi connectivity index (χ0v) is 21.4. The number of nitrogens with zero attached hydrogens (tertiary/aromatic N) is 3. The highest BCUT2D eigenvalue weighted by Gasteiger charge is 2.41. The molecule has 2 N–H and O–H groups in total. The molecule has 2 aromatic carbocycles. The summed E-state index contributed by atoms with van der Waals surface area (Å²) in [5.41, 5.74) is 2.04. The number of ether oxygens (including phenoxy) is 1. The van der Waals surface area contributed by atoms with Crippen molar-refractivity contribution in [1.82, 2.24) is 10.2 Å². The van der Waals surface area contributed by atoms with Crippen molar-refractivity contribution in [3.63, 3.8) is 0 Å². The number of amidine groups is 2. The Bertz CT molecular complexity index is 1400. The van der Waals surface area contributed by atoms with Gasteiger partial charge in [-0.25, -0.2) is 9.89 Å². The van der Waals surface area contributed by atoms with Gasteiger partial charge in [-0.1, -0.05) is 23.9 Å². The Morgan fingerprint density at radius 2 is 1.89 bits per heavy atom. The Labute approximate surface area is 223 Å². The van der Waals surface area contributed by atoms with Gasteiger partial charge in [-0.3, -0.25) is 19.4 Å². The van der Waals surface area contributed by atoms with Crippen LogP contribution < -0.4 is 15.4 Å². The predicted molar refractivity (Wildman–Crippen MR) is 145 cm³/mol. The summed E-state index contributed by atoms with van der Waals surface area (Å²) in [7, 11) is 1.58. The Morgan fingerprint density at radius 1 is 1.08 bits per heavy atom. The highest BCUT2D eigenvalue weighted by atomic mass is 32.2. The first-order chi connectivity index (χ1) is 18.5. The molecular weight excluding hydrogens is 506 g/mol. The van der Waals surface area contributed by atoms with Crippen molar-refractivity contribution in [2.45, 2.75) is 25.4 Å². The lowest BCUT2D eigenvalue weighted by Crippen LogP contribution is -2.41. The molecule has 11 heteroatoms. The fourth-order valence-corrected chi connectivity index (χ4v) is 4.84. The van der Waals surface area contributed by atoms with Crippen LogP contribution in [0.4, 0.5) is 11.4 Å². The van der Waals surface area contributed by atoms with E-state index in [1.807, 2.05) is 24.3 Å². The molecule has 3 amide bonds. The van der Waals surface area contributed by atoms with E-state index in [9.17, 15) is 14.4 Å². The third kappa shape index (κ3) is 5.62. The Morgan fingerprint density at radius 3 is 2.66 bits per heavy atom. The van der Waals surface area contributed by atoms with Crippen LogP contribution in [0.5, 0.6) is 5.75 Å². The molecule has 38 heavy (non-hydrogen) atoms. The molecule has 0 saturated heterocycles. The largest absolute Gasteiger partial charge is 0.497 e. The number of furan rings is 1. The third-order valence-electron chi connectivity index (χ3n) is 5.94. The molecule has 0 radical (unpaired) electrons. The summed E-state index contributed by atoms with van der Waals surface area (Å²) in [6.45, 7) is 0.282. The monoisotopic (exact) mass is 531 g/mol. The molecule has 2 aliphatic heterocycles. The first kappa shape index (κ1) is 25.3. The van der Waals surface area contributed by atoms with Crippen LogP contribution in [-0.2, 0) is 20.9 Å². The minimum absolute atomic E-state index is 0.0456. The van der Waals surface area contributed by atoms with Crippen LogP contribution in [0.25, 0.3) is 0 Å². The average molecular weight is 532 g/mol. The topological polar surface area (TPSA) is 126 Å². The normalized spacial score (nSPS) is 15.8. The number of para-hydroxylation sites is 1. The van der Waals surface area contributed by atoms with Gasteiger partial charge < -0.3 is 19.8 Å². The first-order valence-electron chi connectivity index (χ1n) is 12.0. The number of amides is 3. The maximum Gasteiger partial charge on any atom is 0.259 e. The molecule has 0 bridgehead atoms. The first-order valence-corrected chi connectivity index (χ1v) is 13.0. The maximum atomic E-state index is 13.4. The van der Waals surface area contributed by atoms with Crippen molar-refractivity contribution in [2.75, 3.05) is 18.2 Å². The number of thioether (sulfide) groups is 1. The van der Waals surface area contributed by atoms with Gasteiger partial charge in [-0.05, 0) is 55.0 Å². The second-order valence-electron chi connectivity index (χ2n) is 8.51. The highest BCUT2D eigenvalue weighted by molar-refractivity contribution is 8.14. The summed E-state index contributed by atoms with van der Waals surface area (Å²) in [5.74, 6) is 1.17. The van der Waals surface area contributed by atoms with Crippen LogP contribution in [0.1, 0.15) is 24.2 Å². The lowest BCUT2D eigenvalue weighted by molar-refractivity contribution is -0.125. The molecule has 10 nitrogen and oxygen atoms in total. The highest BCUT2D eigenvalue weighted by Crippen LogP contribution is 2.34. The van der Waals surface area contributed by atoms with Gasteiger partial charge in [0.25, 0.3) is 5.91 Å². The molecule has 5 rings (SSSR count). The lowest BCUT2D eigenvalue weighted by Gasteiger charge is -2.25. The molecule has 0 saturated carbocycles. The number of carbonyl (C=O) groups excluding carboxylic acids is 3. The number of fused-ring (bicyclic) bond motifs is 3. The number of nitrogens with one attached hydrogen (secondary N) is 2. The summed E-state index contributed by atoms with van der Waals surface area (Å²) < 4.78 is 10.4. The third-order valence-corrected chi connectivity index (χ3v) is 6.88. The van der Waals surface area contributed by atoms with E-state index in [-0.39, 0.29) is 42.9 Å². The van der Waals surface area contributed by atoms with Gasteiger partial charge in [0.05, 0.1) is 31.4 Å². The van der Waals surface area contributed by atoms with Crippen molar-refractivity contribution >= 4 is 51.9 Å². The van der Waals surface area contributed by atoms with Crippen LogP contribution in [0.3, 0.4) is 0 Å². The molecule has 3 heterocycles. The van der Waals surface area contributed by atoms with Gasteiger partial charge in [0.1, 0.15) is 23.4 Å². The standard InChI is InChI=1S/C27H25N5O5S/c1-36-18-10-8-17(9-11-18)29-24(34)16-38-27-31-21-7-3-2-6-20(21)25-30-22(26(35)32(25)27)12-13-23(33)28-15-19-5-4-14-37-19/h2-11,14,22H,12-13,15-16H2,1H3,(H,28,33)(H,29,34)/t22-/m0/s1. The van der Waals surface area contributed by atoms with Gasteiger partial charge in [-0.2, -0.15) is 0 Å². The summed E-state index contributed by atoms with van der Waals surface area (Å²) in [6, 6.07) is 17.2. The van der Waals surface area contributed by atoms with E-state index in [1.165, 1.54) is 4.90 Å². The van der Waals surface area contributed by atoms with Crippen LogP contribution >= 0.6 is 11.8 Å². The van der Waals surface area contributed by atoms with Crippen LogP contribution in [0.15, 0.2) is 81.3 Å². The number of methoxy groups -OCH3 is 1. The Kier molecular flexibility index (Phi) is 7.55. The van der Waals surface area contributed by atoms with Crippen molar-refractivity contribution in [3.05, 3.63) is 78.3 Å². The van der Waals surface area contributed by atoms with E-state index in [4.69, 9.17) is 9.15 Å². The number of anilines is 1. The predicted octanol–water partition coefficient (Wildman–Crippen LogP) is 3.72. The molecule has 0 aliphatic carbocycles. The van der Waals surface area contributed by atoms with Crippen LogP contribution in [0, 0.1) is 0 Å². The van der Waals surface area contributed by atoms with Crippen molar-refractivity contribution in [2.24, 2.45) is 9.98 Å². The minimum Gasteiger partial charge on any atom is -0.497 e. The smallest absolute Gasteiger partial charge is 0.259 e. The molecular formula is C27H25N5O5S. The fourth-order valence-electron chi connectivity index (χ4n) is 4.04. The molecule has 194 valence electrons. The summed E-state index contributed by atoms with van der Waals surface area (Å²) >= 11 is 1.16. The summed E-state index contributed by atoms with van der Waals surface area (Å²) in [4.78, 5) is 49.1. The fraction of sp³-hybridized carbons (Fsp3) is 0.222. The van der Waals surface area contributed by atoms with Crippen molar-refractivity contribution in [1.29, 1.82) is 0 Å². The van der Waals surface area contributed by atoms with Gasteiger partial charge in [0.15, 0.2) is 5.17 Å². The molecule has 3 aromatic rings. The van der Waals surface area contributed by atoms with Crippen molar-refractivity contribution < 1.29 is 23.5 Å². The molecule has 0 fully saturated rings. The van der Waals surface area contributed by atoms with Crippen molar-refractivity contribution in [3.8, 4) is 5.75 Å². The number of hydrogen-bond donors (Lipinski definition) is 2. The van der Waals surface area contributed by atoms with Crippen LogP contribution in [0.2, 0.25) is 0 Å². The molecule has 1 atom stereocenters. The zero-order valence-electron chi connectivity index (χ0n) is 20.5. The SMILES string of the molecule is COc1ccc(NC(=O)CSC2=Nc3ccccc3C3=N[C@@H](CCC(=O)NCc4ccco4)C(=O)N23)cc1. The van der Waals surface area contributed by atoms with Gasteiger partial charge in [0, 0.05) is 17.7 Å². The average Bonchev–Trinajstić information content (AvgIpc) is 3.58. The molecule has 0 unspecified atom stereocenters. The zero-order chi connectivity index (χ0) is 26.5. The molecule has 2 aliphatic rings. The van der Waals surface area contributed by atoms with E-state index in [2.05, 4.69) is 20.6 Å². The van der Waals surface area contributed by atoms with Gasteiger partial charge in [0.2, 0.25) is 11.8 Å². The van der Waals surface area contributed by atoms with E-state index in [0.717, 1.165) is 17.3 Å². The second-order valence-corrected chi connectivity index (χ2v) is 9.46. The number of aliphatic imine (C=N–C) groups is 2. The van der Waals surface area contributed by atoms with E-state index in [0.29, 0.717) is 33.9 Å². The Balaban J connectivity index is 1.24. The van der Waals surface area contributed by atoms with Crippen LogP contribution in [-0.4, -0.2) is 52.5 Å². The lowest BCUT2D eigenvalue weighted by atomic mass is 10.1. The van der Waals surface area contributed by atoms with Gasteiger partial charge >= 0.3 is 0 Å². The maximum absolute atomic E-state index is 13.4. The molecule has 1 aromatic heterocycles. The number of hydrogen-bond acceptors (Lipinski definition) is 8. The molecule has 0 spiro atoms. The minimum atomic E-state index is -0.718. The van der Waals surface area contributed by atoms with E-state index >= 15 is 0 Å². The van der Waals surface area contributed by atoms with Gasteiger partial charge in [-0.15, -0.1) is 0 Å². The second kappa shape index (κ2) is 11.3. The number of benzene rings is 2. The Hall–Kier alpha value is -4.38. The quantitative estimate of drug-likeness (QED) is 0.434. The number of rotatable bonds is 9. The number of carbonyl (C=O) groups is 3. The summed E-state index contributed by atoms with van der Waals surface area (Å²) in [6.07, 6.45) is 1.93. The summed E-state index contributed by atoms with van der Waals surface area (Å²) in [5, 5.41) is 5.99. The van der Waals surface area contributed by atoms with E-state index in [1.54, 1.807) is 49.8 Å². The van der Waals surface area contributed by atoms with E-state index < -0.39 is 6.04 Å².